The highest BCUT2D eigenvalue weighted by atomic mass is 35.5. The molecule has 0 bridgehead atoms. The minimum absolute atomic E-state index is 0.315. The molecule has 4 heteroatoms. The van der Waals surface area contributed by atoms with Gasteiger partial charge >= 0.3 is 0 Å². The van der Waals surface area contributed by atoms with Crippen LogP contribution in [0.3, 0.4) is 0 Å². The number of hydrogen-bond acceptors (Lipinski definition) is 3. The Kier molecular flexibility index (Phi) is 4.59. The van der Waals surface area contributed by atoms with Gasteiger partial charge in [-0.25, -0.2) is 9.97 Å². The lowest BCUT2D eigenvalue weighted by atomic mass is 9.83. The smallest absolute Gasteiger partial charge is 0.224 e. The lowest BCUT2D eigenvalue weighted by Gasteiger charge is -2.30. The van der Waals surface area contributed by atoms with Gasteiger partial charge in [-0.05, 0) is 48.9 Å². The average molecular weight is 304 g/mol. The molecule has 1 aromatic heterocycles. The molecule has 1 N–H and O–H groups in total. The number of fused-ring (bicyclic) bond motifs is 1. The molecule has 3 rings (SSSR count). The van der Waals surface area contributed by atoms with Crippen LogP contribution >= 0.6 is 11.6 Å². The summed E-state index contributed by atoms with van der Waals surface area (Å²) in [5.41, 5.74) is 0.901. The Hall–Kier alpha value is -1.35. The summed E-state index contributed by atoms with van der Waals surface area (Å²) in [6.07, 6.45) is 7.85. The lowest BCUT2D eigenvalue weighted by molar-refractivity contribution is 0.312. The fourth-order valence-corrected chi connectivity index (χ4v) is 3.60. The maximum atomic E-state index is 6.07. The monoisotopic (exact) mass is 303 g/mol. The van der Waals surface area contributed by atoms with E-state index in [0.29, 0.717) is 11.3 Å². The van der Waals surface area contributed by atoms with E-state index >= 15 is 0 Å². The molecule has 1 unspecified atom stereocenters. The van der Waals surface area contributed by atoms with Gasteiger partial charge in [-0.2, -0.15) is 0 Å². The van der Waals surface area contributed by atoms with Gasteiger partial charge in [0.05, 0.1) is 5.52 Å². The van der Waals surface area contributed by atoms with Gasteiger partial charge < -0.3 is 5.32 Å². The van der Waals surface area contributed by atoms with Crippen molar-refractivity contribution >= 4 is 28.3 Å². The summed E-state index contributed by atoms with van der Waals surface area (Å²) >= 11 is 6.07. The Bertz CT molecular complexity index is 608. The van der Waals surface area contributed by atoms with Crippen LogP contribution in [0.5, 0.6) is 0 Å². The predicted octanol–water partition coefficient (Wildman–Crippen LogP) is 5.05. The fourth-order valence-electron chi connectivity index (χ4n) is 3.42. The SMILES string of the molecule is CCC(Nc1nc(Cl)nc2ccccc12)C1CCCCC1. The molecule has 1 aliphatic carbocycles. The number of rotatable bonds is 4. The van der Waals surface area contributed by atoms with Crippen LogP contribution in [0.25, 0.3) is 10.9 Å². The summed E-state index contributed by atoms with van der Waals surface area (Å²) in [6.45, 7) is 2.25. The summed E-state index contributed by atoms with van der Waals surface area (Å²) in [5.74, 6) is 1.62. The first-order chi connectivity index (χ1) is 10.3. The van der Waals surface area contributed by atoms with Crippen molar-refractivity contribution in [3.8, 4) is 0 Å². The summed E-state index contributed by atoms with van der Waals surface area (Å²) in [4.78, 5) is 8.72. The molecular weight excluding hydrogens is 282 g/mol. The van der Waals surface area contributed by atoms with Crippen LogP contribution in [0.4, 0.5) is 5.82 Å². The normalized spacial score (nSPS) is 17.8. The number of nitrogens with zero attached hydrogens (tertiary/aromatic N) is 2. The topological polar surface area (TPSA) is 37.8 Å². The first kappa shape index (κ1) is 14.6. The van der Waals surface area contributed by atoms with Crippen molar-refractivity contribution in [3.05, 3.63) is 29.5 Å². The van der Waals surface area contributed by atoms with Crippen molar-refractivity contribution < 1.29 is 0 Å². The molecule has 1 saturated carbocycles. The van der Waals surface area contributed by atoms with Gasteiger partial charge in [0.15, 0.2) is 0 Å². The van der Waals surface area contributed by atoms with E-state index < -0.39 is 0 Å². The van der Waals surface area contributed by atoms with E-state index in [1.54, 1.807) is 0 Å². The van der Waals surface area contributed by atoms with E-state index in [-0.39, 0.29) is 0 Å². The first-order valence-electron chi connectivity index (χ1n) is 7.96. The highest BCUT2D eigenvalue weighted by Crippen LogP contribution is 2.31. The Labute approximate surface area is 131 Å². The molecule has 2 aromatic rings. The van der Waals surface area contributed by atoms with Crippen LogP contribution in [0.1, 0.15) is 45.4 Å². The molecule has 1 aromatic carbocycles. The Morgan fingerprint density at radius 2 is 1.95 bits per heavy atom. The van der Waals surface area contributed by atoms with Crippen LogP contribution < -0.4 is 5.32 Å². The van der Waals surface area contributed by atoms with Crippen molar-refractivity contribution in [1.29, 1.82) is 0 Å². The highest BCUT2D eigenvalue weighted by molar-refractivity contribution is 6.28. The minimum Gasteiger partial charge on any atom is -0.366 e. The van der Waals surface area contributed by atoms with E-state index in [1.807, 2.05) is 18.2 Å². The van der Waals surface area contributed by atoms with Crippen molar-refractivity contribution in [2.45, 2.75) is 51.5 Å². The second-order valence-corrected chi connectivity index (χ2v) is 6.25. The number of nitrogens with one attached hydrogen (secondary N) is 1. The summed E-state index contributed by atoms with van der Waals surface area (Å²) in [5, 5.41) is 5.01. The van der Waals surface area contributed by atoms with Gasteiger partial charge in [0.2, 0.25) is 5.28 Å². The zero-order valence-electron chi connectivity index (χ0n) is 12.5. The molecule has 0 saturated heterocycles. The van der Waals surface area contributed by atoms with E-state index in [2.05, 4.69) is 28.3 Å². The van der Waals surface area contributed by atoms with Crippen molar-refractivity contribution in [2.75, 3.05) is 5.32 Å². The maximum Gasteiger partial charge on any atom is 0.224 e. The first-order valence-corrected chi connectivity index (χ1v) is 8.34. The highest BCUT2D eigenvalue weighted by Gasteiger charge is 2.23. The van der Waals surface area contributed by atoms with Gasteiger partial charge in [0.1, 0.15) is 5.82 Å². The van der Waals surface area contributed by atoms with Crippen molar-refractivity contribution in [1.82, 2.24) is 9.97 Å². The number of hydrogen-bond donors (Lipinski definition) is 1. The molecule has 1 aliphatic rings. The van der Waals surface area contributed by atoms with E-state index in [1.165, 1.54) is 32.1 Å². The van der Waals surface area contributed by atoms with Gasteiger partial charge in [-0.15, -0.1) is 0 Å². The molecule has 0 spiro atoms. The predicted molar refractivity (Wildman–Crippen MR) is 88.8 cm³/mol. The van der Waals surface area contributed by atoms with Crippen LogP contribution in [0.2, 0.25) is 5.28 Å². The largest absolute Gasteiger partial charge is 0.366 e. The number of benzene rings is 1. The van der Waals surface area contributed by atoms with Crippen LogP contribution in [0, 0.1) is 5.92 Å². The number of para-hydroxylation sites is 1. The fraction of sp³-hybridized carbons (Fsp3) is 0.529. The third-order valence-electron chi connectivity index (χ3n) is 4.56. The quantitative estimate of drug-likeness (QED) is 0.803. The molecule has 1 atom stereocenters. The number of anilines is 1. The standard InChI is InChI=1S/C17H22ClN3/c1-2-14(12-8-4-3-5-9-12)19-16-13-10-6-7-11-15(13)20-17(18)21-16/h6-7,10-12,14H,2-5,8-9H2,1H3,(H,19,20,21). The molecule has 0 aliphatic heterocycles. The Morgan fingerprint density at radius 3 is 2.71 bits per heavy atom. The molecule has 1 fully saturated rings. The van der Waals surface area contributed by atoms with Crippen LogP contribution in [-0.2, 0) is 0 Å². The lowest BCUT2D eigenvalue weighted by Crippen LogP contribution is -2.30. The van der Waals surface area contributed by atoms with Gasteiger partial charge in [0, 0.05) is 11.4 Å². The maximum absolute atomic E-state index is 6.07. The zero-order chi connectivity index (χ0) is 14.7. The zero-order valence-corrected chi connectivity index (χ0v) is 13.2. The summed E-state index contributed by atoms with van der Waals surface area (Å²) < 4.78 is 0. The Morgan fingerprint density at radius 1 is 1.19 bits per heavy atom. The molecular formula is C17H22ClN3. The molecule has 21 heavy (non-hydrogen) atoms. The number of halogens is 1. The van der Waals surface area contributed by atoms with E-state index in [0.717, 1.165) is 29.1 Å². The second kappa shape index (κ2) is 6.61. The van der Waals surface area contributed by atoms with Crippen molar-refractivity contribution in [3.63, 3.8) is 0 Å². The summed E-state index contributed by atoms with van der Waals surface area (Å²) in [7, 11) is 0. The van der Waals surface area contributed by atoms with E-state index in [9.17, 15) is 0 Å². The van der Waals surface area contributed by atoms with Gasteiger partial charge in [-0.1, -0.05) is 38.3 Å². The summed E-state index contributed by atoms with van der Waals surface area (Å²) in [6, 6.07) is 8.51. The van der Waals surface area contributed by atoms with Crippen LogP contribution in [0.15, 0.2) is 24.3 Å². The van der Waals surface area contributed by atoms with Gasteiger partial charge in [0.25, 0.3) is 0 Å². The average Bonchev–Trinajstić information content (AvgIpc) is 2.53. The molecule has 112 valence electrons. The molecule has 3 nitrogen and oxygen atoms in total. The molecule has 0 amide bonds. The van der Waals surface area contributed by atoms with Crippen LogP contribution in [-0.4, -0.2) is 16.0 Å². The molecule has 0 radical (unpaired) electrons. The third kappa shape index (κ3) is 3.29. The van der Waals surface area contributed by atoms with Crippen molar-refractivity contribution in [2.24, 2.45) is 5.92 Å². The Balaban J connectivity index is 1.88. The van der Waals surface area contributed by atoms with Gasteiger partial charge in [-0.3, -0.25) is 0 Å². The molecule has 1 heterocycles. The number of aromatic nitrogens is 2. The minimum atomic E-state index is 0.315. The third-order valence-corrected chi connectivity index (χ3v) is 4.73. The second-order valence-electron chi connectivity index (χ2n) is 5.92. The van der Waals surface area contributed by atoms with E-state index in [4.69, 9.17) is 11.6 Å².